The van der Waals surface area contributed by atoms with Crippen molar-refractivity contribution in [2.45, 2.75) is 37.6 Å². The van der Waals surface area contributed by atoms with Crippen LogP contribution >= 0.6 is 0 Å². The Morgan fingerprint density at radius 3 is 3.00 bits per heavy atom. The maximum atomic E-state index is 9.58. The van der Waals surface area contributed by atoms with Crippen LogP contribution in [0, 0.1) is 0 Å². The number of aliphatic hydroxyl groups is 1. The van der Waals surface area contributed by atoms with Gasteiger partial charge >= 0.3 is 0 Å². The van der Waals surface area contributed by atoms with E-state index in [1.807, 2.05) is 6.07 Å². The first kappa shape index (κ1) is 12.9. The second-order valence-corrected chi connectivity index (χ2v) is 5.73. The molecule has 2 aliphatic heterocycles. The summed E-state index contributed by atoms with van der Waals surface area (Å²) in [6.07, 6.45) is 4.93. The van der Waals surface area contributed by atoms with Gasteiger partial charge < -0.3 is 9.84 Å². The molecule has 3 heteroatoms. The van der Waals surface area contributed by atoms with Crippen molar-refractivity contribution in [2.24, 2.45) is 0 Å². The van der Waals surface area contributed by atoms with Crippen molar-refractivity contribution in [1.29, 1.82) is 0 Å². The molecule has 0 spiro atoms. The molecule has 0 aromatic heterocycles. The minimum atomic E-state index is 0.287. The van der Waals surface area contributed by atoms with Gasteiger partial charge in [-0.05, 0) is 25.5 Å². The first-order valence-electron chi connectivity index (χ1n) is 7.45. The van der Waals surface area contributed by atoms with Gasteiger partial charge in [0.25, 0.3) is 0 Å². The van der Waals surface area contributed by atoms with E-state index in [-0.39, 0.29) is 6.61 Å². The number of ether oxygens (including phenoxy) is 1. The van der Waals surface area contributed by atoms with E-state index in [2.05, 4.69) is 23.1 Å². The zero-order valence-corrected chi connectivity index (χ0v) is 11.4. The first-order chi connectivity index (χ1) is 9.38. The van der Waals surface area contributed by atoms with Gasteiger partial charge in [0.05, 0.1) is 13.2 Å². The summed E-state index contributed by atoms with van der Waals surface area (Å²) in [5.41, 5.74) is 1.34. The first-order valence-corrected chi connectivity index (χ1v) is 7.45. The maximum Gasteiger partial charge on any atom is 0.122 e. The molecule has 3 rings (SSSR count). The number of fused-ring (bicyclic) bond motifs is 1. The van der Waals surface area contributed by atoms with Crippen LogP contribution < -0.4 is 4.74 Å². The molecule has 2 atom stereocenters. The Hall–Kier alpha value is -1.06. The Bertz CT molecular complexity index is 421. The molecule has 104 valence electrons. The van der Waals surface area contributed by atoms with Crippen LogP contribution in [-0.2, 0) is 0 Å². The highest BCUT2D eigenvalue weighted by atomic mass is 16.5. The number of hydrogen-bond acceptors (Lipinski definition) is 3. The molecule has 0 radical (unpaired) electrons. The second kappa shape index (κ2) is 5.93. The third kappa shape index (κ3) is 2.77. The maximum absolute atomic E-state index is 9.58. The van der Waals surface area contributed by atoms with Gasteiger partial charge in [0.1, 0.15) is 5.75 Å². The Morgan fingerprint density at radius 1 is 1.21 bits per heavy atom. The van der Waals surface area contributed by atoms with Crippen molar-refractivity contribution in [3.63, 3.8) is 0 Å². The minimum absolute atomic E-state index is 0.287. The number of hydrogen-bond donors (Lipinski definition) is 1. The fourth-order valence-electron chi connectivity index (χ4n) is 3.35. The van der Waals surface area contributed by atoms with Gasteiger partial charge in [-0.1, -0.05) is 31.0 Å². The van der Waals surface area contributed by atoms with Crippen molar-refractivity contribution < 1.29 is 9.84 Å². The summed E-state index contributed by atoms with van der Waals surface area (Å²) in [6, 6.07) is 8.70. The summed E-state index contributed by atoms with van der Waals surface area (Å²) in [7, 11) is 0. The zero-order chi connectivity index (χ0) is 13.1. The lowest BCUT2D eigenvalue weighted by Crippen LogP contribution is -2.40. The van der Waals surface area contributed by atoms with Crippen molar-refractivity contribution in [2.75, 3.05) is 26.3 Å². The van der Waals surface area contributed by atoms with E-state index in [4.69, 9.17) is 4.74 Å². The SMILES string of the molecule is OCC1CCCCCN1CC1COc2ccccc21. The predicted molar refractivity (Wildman–Crippen MR) is 75.6 cm³/mol. The average molecular weight is 261 g/mol. The van der Waals surface area contributed by atoms with Gasteiger partial charge in [-0.3, -0.25) is 4.90 Å². The van der Waals surface area contributed by atoms with E-state index >= 15 is 0 Å². The molecule has 3 nitrogen and oxygen atoms in total. The highest BCUT2D eigenvalue weighted by molar-refractivity contribution is 5.39. The number of nitrogens with zero attached hydrogens (tertiary/aromatic N) is 1. The van der Waals surface area contributed by atoms with E-state index in [0.29, 0.717) is 12.0 Å². The van der Waals surface area contributed by atoms with Gasteiger partial charge in [-0.15, -0.1) is 0 Å². The van der Waals surface area contributed by atoms with Crippen LogP contribution in [0.15, 0.2) is 24.3 Å². The highest BCUT2D eigenvalue weighted by Gasteiger charge is 2.29. The molecule has 1 aromatic carbocycles. The third-order valence-corrected chi connectivity index (χ3v) is 4.46. The summed E-state index contributed by atoms with van der Waals surface area (Å²) < 4.78 is 5.76. The Morgan fingerprint density at radius 2 is 2.11 bits per heavy atom. The molecule has 0 bridgehead atoms. The van der Waals surface area contributed by atoms with E-state index in [1.165, 1.54) is 24.8 Å². The van der Waals surface area contributed by atoms with E-state index < -0.39 is 0 Å². The summed E-state index contributed by atoms with van der Waals surface area (Å²) in [6.45, 7) is 3.20. The van der Waals surface area contributed by atoms with Gasteiger partial charge in [0.15, 0.2) is 0 Å². The molecule has 2 aliphatic rings. The van der Waals surface area contributed by atoms with Crippen molar-refractivity contribution >= 4 is 0 Å². The van der Waals surface area contributed by atoms with Crippen LogP contribution in [0.25, 0.3) is 0 Å². The van der Waals surface area contributed by atoms with Crippen LogP contribution in [-0.4, -0.2) is 42.4 Å². The Balaban J connectivity index is 1.70. The molecule has 19 heavy (non-hydrogen) atoms. The smallest absolute Gasteiger partial charge is 0.122 e. The number of likely N-dealkylation sites (tertiary alicyclic amines) is 1. The monoisotopic (exact) mass is 261 g/mol. The van der Waals surface area contributed by atoms with Crippen LogP contribution in [0.1, 0.15) is 37.2 Å². The molecule has 2 unspecified atom stereocenters. The highest BCUT2D eigenvalue weighted by Crippen LogP contribution is 2.34. The zero-order valence-electron chi connectivity index (χ0n) is 11.4. The van der Waals surface area contributed by atoms with Crippen LogP contribution in [0.5, 0.6) is 5.75 Å². The minimum Gasteiger partial charge on any atom is -0.493 e. The van der Waals surface area contributed by atoms with Crippen LogP contribution in [0.3, 0.4) is 0 Å². The summed E-state index contributed by atoms with van der Waals surface area (Å²) >= 11 is 0. The van der Waals surface area contributed by atoms with E-state index in [1.54, 1.807) is 0 Å². The van der Waals surface area contributed by atoms with Gasteiger partial charge in [0.2, 0.25) is 0 Å². The van der Waals surface area contributed by atoms with Crippen LogP contribution in [0.2, 0.25) is 0 Å². The lowest BCUT2D eigenvalue weighted by atomic mass is 10.00. The Kier molecular flexibility index (Phi) is 4.04. The van der Waals surface area contributed by atoms with Gasteiger partial charge in [-0.2, -0.15) is 0 Å². The molecule has 1 fully saturated rings. The lowest BCUT2D eigenvalue weighted by molar-refractivity contribution is 0.114. The molecule has 1 N–H and O–H groups in total. The molecule has 0 aliphatic carbocycles. The standard InChI is InChI=1S/C16H23NO2/c18-11-14-6-2-1-5-9-17(14)10-13-12-19-16-8-4-3-7-15(13)16/h3-4,7-8,13-14,18H,1-2,5-6,9-12H2. The lowest BCUT2D eigenvalue weighted by Gasteiger charge is -2.30. The summed E-state index contributed by atoms with van der Waals surface area (Å²) in [5.74, 6) is 1.51. The molecular formula is C16H23NO2. The summed E-state index contributed by atoms with van der Waals surface area (Å²) in [4.78, 5) is 2.48. The fraction of sp³-hybridized carbons (Fsp3) is 0.625. The second-order valence-electron chi connectivity index (χ2n) is 5.73. The van der Waals surface area contributed by atoms with Crippen LogP contribution in [0.4, 0.5) is 0 Å². The topological polar surface area (TPSA) is 32.7 Å². The number of rotatable bonds is 3. The fourth-order valence-corrected chi connectivity index (χ4v) is 3.35. The Labute approximate surface area is 115 Å². The molecule has 1 saturated heterocycles. The third-order valence-electron chi connectivity index (χ3n) is 4.46. The molecule has 2 heterocycles. The largest absolute Gasteiger partial charge is 0.493 e. The predicted octanol–water partition coefficient (Wildman–Crippen LogP) is 2.40. The number of para-hydroxylation sites is 1. The number of benzene rings is 1. The molecular weight excluding hydrogens is 238 g/mol. The quantitative estimate of drug-likeness (QED) is 0.907. The van der Waals surface area contributed by atoms with Gasteiger partial charge in [0, 0.05) is 24.1 Å². The number of aliphatic hydroxyl groups excluding tert-OH is 1. The van der Waals surface area contributed by atoms with Gasteiger partial charge in [-0.25, -0.2) is 0 Å². The summed E-state index contributed by atoms with van der Waals surface area (Å²) in [5, 5.41) is 9.58. The van der Waals surface area contributed by atoms with Crippen molar-refractivity contribution in [1.82, 2.24) is 4.90 Å². The normalized spacial score (nSPS) is 27.6. The average Bonchev–Trinajstić information content (AvgIpc) is 2.71. The molecule has 0 amide bonds. The molecule has 1 aromatic rings. The van der Waals surface area contributed by atoms with E-state index in [9.17, 15) is 5.11 Å². The van der Waals surface area contributed by atoms with Crippen molar-refractivity contribution in [3.05, 3.63) is 29.8 Å². The van der Waals surface area contributed by atoms with Crippen molar-refractivity contribution in [3.8, 4) is 5.75 Å². The van der Waals surface area contributed by atoms with E-state index in [0.717, 1.165) is 31.9 Å². The molecule has 0 saturated carbocycles.